The Morgan fingerprint density at radius 1 is 1.67 bits per heavy atom. The van der Waals surface area contributed by atoms with Crippen molar-refractivity contribution in [2.75, 3.05) is 5.32 Å². The number of nitrogens with one attached hydrogen (secondary N) is 1. The third kappa shape index (κ3) is 3.63. The summed E-state index contributed by atoms with van der Waals surface area (Å²) in [6.45, 7) is 0. The molecule has 0 aliphatic carbocycles. The molecule has 0 aliphatic heterocycles. The van der Waals surface area contributed by atoms with E-state index in [2.05, 4.69) is 5.32 Å². The minimum atomic E-state index is 0. The minimum absolute atomic E-state index is 0. The van der Waals surface area contributed by atoms with Gasteiger partial charge in [-0.2, -0.15) is 11.3 Å². The van der Waals surface area contributed by atoms with E-state index < -0.39 is 0 Å². The van der Waals surface area contributed by atoms with Crippen LogP contribution in [0.4, 0.5) is 5.69 Å². The third-order valence-electron chi connectivity index (χ3n) is 0.717. The van der Waals surface area contributed by atoms with Crippen LogP contribution >= 0.6 is 11.3 Å². The third-order valence-corrected chi connectivity index (χ3v) is 1.40. The van der Waals surface area contributed by atoms with Crippen molar-refractivity contribution < 1.29 is 63.0 Å². The SMILES string of the molecule is O=[C-]Nc1ccsc1.[Rb+]. The molecule has 1 aromatic heterocycles. The zero-order valence-electron chi connectivity index (χ0n) is 5.05. The van der Waals surface area contributed by atoms with Crippen molar-refractivity contribution >= 4 is 23.4 Å². The summed E-state index contributed by atoms with van der Waals surface area (Å²) in [6.07, 6.45) is 1.58. The quantitative estimate of drug-likeness (QED) is 0.456. The van der Waals surface area contributed by atoms with E-state index in [1.54, 1.807) is 6.41 Å². The van der Waals surface area contributed by atoms with Crippen LogP contribution in [-0.2, 0) is 4.79 Å². The van der Waals surface area contributed by atoms with Crippen LogP contribution in [0.2, 0.25) is 0 Å². The number of anilines is 1. The summed E-state index contributed by atoms with van der Waals surface area (Å²) in [5, 5.41) is 6.12. The van der Waals surface area contributed by atoms with Crippen LogP contribution in [0.5, 0.6) is 0 Å². The smallest absolute Gasteiger partial charge is 0.490 e. The van der Waals surface area contributed by atoms with Gasteiger partial charge in [-0.15, -0.1) is 6.07 Å². The molecule has 0 aliphatic rings. The molecule has 4 heteroatoms. The minimum Gasteiger partial charge on any atom is -0.490 e. The second-order valence-corrected chi connectivity index (χ2v) is 2.02. The normalized spacial score (nSPS) is 7.56. The number of rotatable bonds is 2. The van der Waals surface area contributed by atoms with Crippen molar-refractivity contribution in [2.45, 2.75) is 0 Å². The Labute approximate surface area is 106 Å². The first-order chi connectivity index (χ1) is 3.93. The second-order valence-electron chi connectivity index (χ2n) is 1.24. The Hall–Kier alpha value is 0.975. The van der Waals surface area contributed by atoms with E-state index >= 15 is 0 Å². The van der Waals surface area contributed by atoms with Gasteiger partial charge >= 0.3 is 58.2 Å². The Bertz CT molecular complexity index is 163. The first-order valence-electron chi connectivity index (χ1n) is 2.09. The molecule has 0 aromatic carbocycles. The van der Waals surface area contributed by atoms with E-state index in [0.29, 0.717) is 0 Å². The molecule has 2 nitrogen and oxygen atoms in total. The average Bonchev–Trinajstić information content (AvgIpc) is 2.19. The molecule has 0 bridgehead atoms. The molecule has 0 saturated carbocycles. The van der Waals surface area contributed by atoms with E-state index in [1.165, 1.54) is 11.3 Å². The standard InChI is InChI=1S/C5H4NOS.Rb/c7-4-6-5-1-2-8-3-5;/h1-3H,(H,6,7);/q-1;+1. The fourth-order valence-electron chi connectivity index (χ4n) is 0.395. The molecule has 0 fully saturated rings. The van der Waals surface area contributed by atoms with Crippen molar-refractivity contribution in [3.63, 3.8) is 0 Å². The van der Waals surface area contributed by atoms with Crippen molar-refractivity contribution in [3.05, 3.63) is 16.8 Å². The first kappa shape index (κ1) is 9.98. The van der Waals surface area contributed by atoms with Gasteiger partial charge in [0.1, 0.15) is 0 Å². The zero-order chi connectivity index (χ0) is 5.82. The van der Waals surface area contributed by atoms with Crippen LogP contribution in [0.3, 0.4) is 0 Å². The van der Waals surface area contributed by atoms with Gasteiger partial charge in [-0.1, -0.05) is 11.1 Å². The molecule has 1 N–H and O–H groups in total. The summed E-state index contributed by atoms with van der Waals surface area (Å²) >= 11 is 1.54. The van der Waals surface area contributed by atoms with Gasteiger partial charge in [-0.3, -0.25) is 0 Å². The number of carbonyl (C=O) groups excluding carboxylic acids is 1. The Kier molecular flexibility index (Phi) is 6.36. The fourth-order valence-corrected chi connectivity index (χ4v) is 0.982. The van der Waals surface area contributed by atoms with Crippen molar-refractivity contribution in [3.8, 4) is 0 Å². The van der Waals surface area contributed by atoms with Crippen LogP contribution < -0.4 is 63.5 Å². The summed E-state index contributed by atoms with van der Waals surface area (Å²) in [7, 11) is 0. The summed E-state index contributed by atoms with van der Waals surface area (Å²) in [5.41, 5.74) is 0.810. The van der Waals surface area contributed by atoms with Crippen LogP contribution in [0.1, 0.15) is 0 Å². The van der Waals surface area contributed by atoms with Crippen LogP contribution in [-0.4, -0.2) is 6.41 Å². The maximum atomic E-state index is 9.64. The topological polar surface area (TPSA) is 29.1 Å². The van der Waals surface area contributed by atoms with Gasteiger partial charge < -0.3 is 10.1 Å². The van der Waals surface area contributed by atoms with E-state index in [-0.39, 0.29) is 58.2 Å². The van der Waals surface area contributed by atoms with E-state index in [0.717, 1.165) is 5.69 Å². The van der Waals surface area contributed by atoms with Crippen molar-refractivity contribution in [1.82, 2.24) is 0 Å². The van der Waals surface area contributed by atoms with E-state index in [9.17, 15) is 4.79 Å². The maximum absolute atomic E-state index is 9.64. The van der Waals surface area contributed by atoms with E-state index in [1.807, 2.05) is 16.8 Å². The average molecular weight is 212 g/mol. The van der Waals surface area contributed by atoms with Crippen LogP contribution in [0.15, 0.2) is 16.8 Å². The summed E-state index contributed by atoms with van der Waals surface area (Å²) in [6, 6.07) is 1.82. The summed E-state index contributed by atoms with van der Waals surface area (Å²) < 4.78 is 0. The molecule has 1 heterocycles. The molecular weight excluding hydrogens is 208 g/mol. The fraction of sp³-hybridized carbons (Fsp3) is 0. The molecule has 9 heavy (non-hydrogen) atoms. The van der Waals surface area contributed by atoms with Gasteiger partial charge in [0.2, 0.25) is 0 Å². The number of hydrogen-bond acceptors (Lipinski definition) is 2. The predicted octanol–water partition coefficient (Wildman–Crippen LogP) is -1.77. The number of thiophene rings is 1. The van der Waals surface area contributed by atoms with E-state index in [4.69, 9.17) is 0 Å². The molecular formula is C5H4NORbS. The van der Waals surface area contributed by atoms with Gasteiger partial charge in [0.15, 0.2) is 0 Å². The van der Waals surface area contributed by atoms with Gasteiger partial charge in [0, 0.05) is 0 Å². The molecule has 42 valence electrons. The van der Waals surface area contributed by atoms with Gasteiger partial charge in [0.25, 0.3) is 0 Å². The van der Waals surface area contributed by atoms with Gasteiger partial charge in [0.05, 0.1) is 6.41 Å². The molecule has 0 saturated heterocycles. The first-order valence-corrected chi connectivity index (χ1v) is 3.03. The largest absolute Gasteiger partial charge is 1.00 e. The Morgan fingerprint density at radius 3 is 2.89 bits per heavy atom. The molecule has 1 amide bonds. The number of hydrogen-bond donors (Lipinski definition) is 1. The zero-order valence-corrected chi connectivity index (χ0v) is 10.8. The Balaban J connectivity index is 0.000000640. The monoisotopic (exact) mass is 211 g/mol. The Morgan fingerprint density at radius 2 is 2.44 bits per heavy atom. The van der Waals surface area contributed by atoms with Gasteiger partial charge in [-0.25, -0.2) is 0 Å². The predicted molar refractivity (Wildman–Crippen MR) is 33.6 cm³/mol. The molecule has 0 spiro atoms. The summed E-state index contributed by atoms with van der Waals surface area (Å²) in [5.74, 6) is 0. The molecule has 1 rings (SSSR count). The van der Waals surface area contributed by atoms with Gasteiger partial charge in [-0.05, 0) is 5.38 Å². The van der Waals surface area contributed by atoms with Crippen LogP contribution in [0, 0.1) is 0 Å². The molecule has 0 unspecified atom stereocenters. The summed E-state index contributed by atoms with van der Waals surface area (Å²) in [4.78, 5) is 9.64. The van der Waals surface area contributed by atoms with Crippen molar-refractivity contribution in [1.29, 1.82) is 0 Å². The maximum Gasteiger partial charge on any atom is 1.00 e. The molecule has 0 radical (unpaired) electrons. The number of amides is 1. The van der Waals surface area contributed by atoms with Crippen molar-refractivity contribution in [2.24, 2.45) is 0 Å². The van der Waals surface area contributed by atoms with Crippen LogP contribution in [0.25, 0.3) is 0 Å². The molecule has 1 aromatic rings. The second kappa shape index (κ2) is 5.74. The molecule has 0 atom stereocenters.